The molecule has 4 aromatic rings. The largest absolute Gasteiger partial charge is 0.377 e. The Kier molecular flexibility index (Phi) is 26.5. The molecule has 2 atom stereocenters. The topological polar surface area (TPSA) is 195 Å². The number of aromatic nitrogens is 8. The molecule has 0 radical (unpaired) electrons. The van der Waals surface area contributed by atoms with Crippen LogP contribution in [0.1, 0.15) is 48.9 Å². The molecular weight excluding hydrogens is 893 g/mol. The molecule has 384 valence electrons. The average Bonchev–Trinajstić information content (AvgIpc) is 4.22. The summed E-state index contributed by atoms with van der Waals surface area (Å²) in [5.74, 6) is 0. The van der Waals surface area contributed by atoms with Crippen molar-refractivity contribution in [2.45, 2.75) is 50.9 Å². The lowest BCUT2D eigenvalue weighted by atomic mass is 10.0. The van der Waals surface area contributed by atoms with E-state index < -0.39 is 0 Å². The maximum absolute atomic E-state index is 5.70. The van der Waals surface area contributed by atoms with Crippen molar-refractivity contribution in [1.29, 1.82) is 0 Å². The van der Waals surface area contributed by atoms with Gasteiger partial charge < -0.3 is 52.1 Å². The molecule has 4 aromatic heterocycles. The van der Waals surface area contributed by atoms with Crippen LogP contribution < -0.4 is 0 Å². The van der Waals surface area contributed by atoms with Gasteiger partial charge in [0.15, 0.2) is 0 Å². The van der Waals surface area contributed by atoms with Crippen molar-refractivity contribution in [1.82, 2.24) is 49.8 Å². The lowest BCUT2D eigenvalue weighted by Gasteiger charge is -2.19. The Balaban J connectivity index is 0.598. The average molecular weight is 969 g/mol. The summed E-state index contributed by atoms with van der Waals surface area (Å²) < 4.78 is 65.1. The summed E-state index contributed by atoms with van der Waals surface area (Å²) in [6, 6.07) is 5.20. The molecule has 21 heteroatoms. The number of likely N-dealkylation sites (tertiary alicyclic amines) is 2. The minimum Gasteiger partial charge on any atom is -0.377 e. The van der Waals surface area contributed by atoms with Crippen LogP contribution in [0.4, 0.5) is 0 Å². The number of nitrogens with zero attached hydrogens (tertiary/aromatic N) is 10. The highest BCUT2D eigenvalue weighted by atomic mass is 16.6. The van der Waals surface area contributed by atoms with Crippen LogP contribution in [0.25, 0.3) is 22.5 Å². The van der Waals surface area contributed by atoms with E-state index in [1.807, 2.05) is 37.2 Å². The summed E-state index contributed by atoms with van der Waals surface area (Å²) in [5, 5.41) is 17.2. The van der Waals surface area contributed by atoms with E-state index in [4.69, 9.17) is 52.1 Å². The molecule has 0 amide bonds. The summed E-state index contributed by atoms with van der Waals surface area (Å²) >= 11 is 0. The van der Waals surface area contributed by atoms with E-state index >= 15 is 0 Å². The molecule has 6 rings (SSSR count). The molecule has 2 aliphatic heterocycles. The Morgan fingerprint density at radius 1 is 0.406 bits per heavy atom. The quantitative estimate of drug-likeness (QED) is 0.0588. The molecule has 21 nitrogen and oxygen atoms in total. The third-order valence-electron chi connectivity index (χ3n) is 11.6. The first-order valence-electron chi connectivity index (χ1n) is 24.6. The van der Waals surface area contributed by atoms with Crippen molar-refractivity contribution in [3.05, 3.63) is 60.4 Å². The molecule has 2 saturated heterocycles. The second kappa shape index (κ2) is 33.6. The Bertz CT molecular complexity index is 1790. The predicted octanol–water partition coefficient (Wildman–Crippen LogP) is 3.41. The van der Waals surface area contributed by atoms with Crippen LogP contribution in [-0.2, 0) is 65.2 Å². The molecule has 0 aromatic carbocycles. The van der Waals surface area contributed by atoms with Gasteiger partial charge in [0, 0.05) is 48.0 Å². The number of hydrogen-bond acceptors (Lipinski definition) is 19. The van der Waals surface area contributed by atoms with Crippen LogP contribution in [0.15, 0.2) is 49.3 Å². The molecule has 0 saturated carbocycles. The van der Waals surface area contributed by atoms with Crippen LogP contribution in [0.3, 0.4) is 0 Å². The van der Waals surface area contributed by atoms with Gasteiger partial charge in [-0.3, -0.25) is 19.8 Å². The van der Waals surface area contributed by atoms with Crippen molar-refractivity contribution >= 4 is 0 Å². The Morgan fingerprint density at radius 2 is 0.696 bits per heavy atom. The minimum atomic E-state index is 0.420. The van der Waals surface area contributed by atoms with E-state index in [9.17, 15) is 0 Å². The molecule has 6 heterocycles. The summed E-state index contributed by atoms with van der Waals surface area (Å²) in [6.45, 7) is 14.4. The molecule has 0 aliphatic carbocycles. The smallest absolute Gasteiger partial charge is 0.114 e. The van der Waals surface area contributed by atoms with Gasteiger partial charge in [0.25, 0.3) is 0 Å². The number of ether oxygens (including phenoxy) is 11. The molecule has 2 fully saturated rings. The van der Waals surface area contributed by atoms with Crippen molar-refractivity contribution in [3.8, 4) is 22.5 Å². The van der Waals surface area contributed by atoms with Crippen molar-refractivity contribution in [2.24, 2.45) is 0 Å². The van der Waals surface area contributed by atoms with Gasteiger partial charge in [-0.25, -0.2) is 9.36 Å². The fraction of sp³-hybridized carbons (Fsp3) is 0.708. The van der Waals surface area contributed by atoms with Gasteiger partial charge in [0.05, 0.1) is 171 Å². The van der Waals surface area contributed by atoms with Crippen LogP contribution in [-0.4, -0.2) is 222 Å². The highest BCUT2D eigenvalue weighted by molar-refractivity contribution is 5.58. The van der Waals surface area contributed by atoms with E-state index in [0.29, 0.717) is 171 Å². The van der Waals surface area contributed by atoms with E-state index in [0.717, 1.165) is 48.4 Å². The monoisotopic (exact) mass is 969 g/mol. The lowest BCUT2D eigenvalue weighted by molar-refractivity contribution is -0.0276. The van der Waals surface area contributed by atoms with Crippen molar-refractivity contribution in [2.75, 3.05) is 173 Å². The zero-order chi connectivity index (χ0) is 47.8. The third kappa shape index (κ3) is 21.1. The molecule has 0 bridgehead atoms. The lowest BCUT2D eigenvalue weighted by Crippen LogP contribution is -2.17. The van der Waals surface area contributed by atoms with Crippen molar-refractivity contribution < 1.29 is 52.1 Å². The van der Waals surface area contributed by atoms with Gasteiger partial charge in [-0.15, -0.1) is 10.2 Å². The first kappa shape index (κ1) is 54.4. The van der Waals surface area contributed by atoms with Gasteiger partial charge in [-0.2, -0.15) is 0 Å². The molecular formula is C48H76N10O11. The highest BCUT2D eigenvalue weighted by Gasteiger charge is 2.24. The van der Waals surface area contributed by atoms with Crippen LogP contribution in [0.2, 0.25) is 0 Å². The van der Waals surface area contributed by atoms with Gasteiger partial charge in [-0.1, -0.05) is 10.4 Å². The zero-order valence-corrected chi connectivity index (χ0v) is 40.9. The standard InChI is InChI=1S/C48H76N10O11/c1-55-7-3-5-47(55)43-33-41(35-49-37-43)45-39-57(53-51-45)9-11-59-13-15-61-17-19-63-21-23-65-25-27-67-29-31-69-32-30-68-28-26-66-24-22-64-20-18-62-16-14-60-12-10-58-40-46(52-54-58)42-34-44(38-50-36-42)48-6-4-8-56(48)2/h33-40,47-48H,3-32H2,1-2H3. The first-order chi connectivity index (χ1) is 34.1. The summed E-state index contributed by atoms with van der Waals surface area (Å²) in [7, 11) is 4.33. The maximum atomic E-state index is 5.70. The van der Waals surface area contributed by atoms with Crippen LogP contribution in [0, 0.1) is 0 Å². The Labute approximate surface area is 407 Å². The maximum Gasteiger partial charge on any atom is 0.114 e. The van der Waals surface area contributed by atoms with Crippen LogP contribution in [0.5, 0.6) is 0 Å². The summed E-state index contributed by atoms with van der Waals surface area (Å²) in [6.07, 6.45) is 16.2. The normalized spacial score (nSPS) is 16.7. The zero-order valence-electron chi connectivity index (χ0n) is 40.9. The van der Waals surface area contributed by atoms with Crippen molar-refractivity contribution in [3.63, 3.8) is 0 Å². The molecule has 0 N–H and O–H groups in total. The Hall–Kier alpha value is -3.94. The first-order valence-corrected chi connectivity index (χ1v) is 24.6. The number of hydrogen-bond donors (Lipinski definition) is 0. The van der Waals surface area contributed by atoms with Gasteiger partial charge >= 0.3 is 0 Å². The second-order valence-corrected chi connectivity index (χ2v) is 16.8. The van der Waals surface area contributed by atoms with Gasteiger partial charge in [0.1, 0.15) is 11.4 Å². The SMILES string of the molecule is CN1CCCC1c1cncc(-c2cn(CCOCCOCCOCCOCCOCCOCCOCCOCCOCCOCCOCCn3cc(-c4cncc(C5CCCN5C)c4)nn3)nn2)c1. The second-order valence-electron chi connectivity index (χ2n) is 16.8. The fourth-order valence-corrected chi connectivity index (χ4v) is 7.92. The predicted molar refractivity (Wildman–Crippen MR) is 255 cm³/mol. The summed E-state index contributed by atoms with van der Waals surface area (Å²) in [4.78, 5) is 13.7. The molecule has 0 spiro atoms. The van der Waals surface area contributed by atoms with E-state index in [2.05, 4.69) is 66.6 Å². The minimum absolute atomic E-state index is 0.420. The highest BCUT2D eigenvalue weighted by Crippen LogP contribution is 2.32. The van der Waals surface area contributed by atoms with E-state index in [1.165, 1.54) is 24.0 Å². The van der Waals surface area contributed by atoms with Gasteiger partial charge in [0.2, 0.25) is 0 Å². The summed E-state index contributed by atoms with van der Waals surface area (Å²) in [5.41, 5.74) is 6.06. The van der Waals surface area contributed by atoms with E-state index in [-0.39, 0.29) is 0 Å². The molecule has 2 unspecified atom stereocenters. The molecule has 69 heavy (non-hydrogen) atoms. The van der Waals surface area contributed by atoms with E-state index in [1.54, 1.807) is 9.36 Å². The number of pyridine rings is 2. The number of rotatable bonds is 40. The fourth-order valence-electron chi connectivity index (χ4n) is 7.92. The van der Waals surface area contributed by atoms with Gasteiger partial charge in [-0.05, 0) is 76.1 Å². The Morgan fingerprint density at radius 3 is 0.971 bits per heavy atom. The molecule has 2 aliphatic rings. The third-order valence-corrected chi connectivity index (χ3v) is 11.6. The van der Waals surface area contributed by atoms with Crippen LogP contribution >= 0.6 is 0 Å².